The molecule has 1 fully saturated rings. The average Bonchev–Trinajstić information content (AvgIpc) is 3.05. The van der Waals surface area contributed by atoms with E-state index in [2.05, 4.69) is 17.2 Å². The number of aromatic nitrogens is 2. The number of nitrogens with one attached hydrogen (secondary N) is 1. The fourth-order valence-corrected chi connectivity index (χ4v) is 2.32. The molecule has 1 saturated carbocycles. The molecule has 1 unspecified atom stereocenters. The fourth-order valence-electron chi connectivity index (χ4n) is 2.32. The number of hydrogen-bond acceptors (Lipinski definition) is 3. The highest BCUT2D eigenvalue weighted by atomic mass is 16.1. The van der Waals surface area contributed by atoms with Gasteiger partial charge in [-0.15, -0.1) is 0 Å². The van der Waals surface area contributed by atoms with E-state index in [1.807, 2.05) is 13.8 Å². The van der Waals surface area contributed by atoms with Crippen LogP contribution in [0.5, 0.6) is 0 Å². The molecule has 17 heavy (non-hydrogen) atoms. The number of hydrogen-bond donors (Lipinski definition) is 1. The maximum absolute atomic E-state index is 11.9. The second-order valence-corrected chi connectivity index (χ2v) is 4.90. The molecular formula is C13H21N3O. The maximum atomic E-state index is 11.9. The summed E-state index contributed by atoms with van der Waals surface area (Å²) in [5, 5.41) is 3.47. The van der Waals surface area contributed by atoms with Gasteiger partial charge in [0.1, 0.15) is 5.82 Å². The van der Waals surface area contributed by atoms with E-state index in [0.29, 0.717) is 6.04 Å². The zero-order chi connectivity index (χ0) is 12.4. The Labute approximate surface area is 102 Å². The Morgan fingerprint density at radius 3 is 2.76 bits per heavy atom. The molecule has 0 bridgehead atoms. The highest BCUT2D eigenvalue weighted by Crippen LogP contribution is 2.33. The van der Waals surface area contributed by atoms with Crippen molar-refractivity contribution in [3.63, 3.8) is 0 Å². The molecule has 0 amide bonds. The second-order valence-electron chi connectivity index (χ2n) is 4.90. The van der Waals surface area contributed by atoms with Crippen molar-refractivity contribution in [2.24, 2.45) is 5.92 Å². The normalized spacial score (nSPS) is 17.1. The number of aryl methyl sites for hydroxylation is 2. The Hall–Kier alpha value is -1.16. The van der Waals surface area contributed by atoms with Gasteiger partial charge in [0.2, 0.25) is 0 Å². The third-order valence-electron chi connectivity index (χ3n) is 3.36. The molecule has 0 aromatic carbocycles. The number of nitrogens with zero attached hydrogens (tertiary/aromatic N) is 2. The molecule has 1 heterocycles. The van der Waals surface area contributed by atoms with Gasteiger partial charge < -0.3 is 5.32 Å². The van der Waals surface area contributed by atoms with Crippen LogP contribution in [0.1, 0.15) is 31.3 Å². The van der Waals surface area contributed by atoms with Crippen LogP contribution in [0.4, 0.5) is 0 Å². The minimum Gasteiger partial charge on any atom is -0.312 e. The van der Waals surface area contributed by atoms with Crippen LogP contribution in [0.3, 0.4) is 0 Å². The summed E-state index contributed by atoms with van der Waals surface area (Å²) in [4.78, 5) is 16.3. The van der Waals surface area contributed by atoms with E-state index >= 15 is 0 Å². The van der Waals surface area contributed by atoms with Gasteiger partial charge in [-0.2, -0.15) is 0 Å². The summed E-state index contributed by atoms with van der Waals surface area (Å²) < 4.78 is 1.79. The third-order valence-corrected chi connectivity index (χ3v) is 3.36. The first-order valence-corrected chi connectivity index (χ1v) is 6.40. The van der Waals surface area contributed by atoms with Gasteiger partial charge in [0.05, 0.1) is 0 Å². The molecule has 2 rings (SSSR count). The van der Waals surface area contributed by atoms with Crippen molar-refractivity contribution in [3.05, 3.63) is 27.9 Å². The van der Waals surface area contributed by atoms with E-state index in [1.54, 1.807) is 10.6 Å². The minimum atomic E-state index is 0.0681. The lowest BCUT2D eigenvalue weighted by molar-refractivity contribution is 0.403. The second kappa shape index (κ2) is 5.00. The molecule has 0 radical (unpaired) electrons. The van der Waals surface area contributed by atoms with E-state index < -0.39 is 0 Å². The van der Waals surface area contributed by atoms with E-state index in [9.17, 15) is 4.79 Å². The zero-order valence-electron chi connectivity index (χ0n) is 10.9. The Balaban J connectivity index is 2.19. The van der Waals surface area contributed by atoms with Crippen molar-refractivity contribution in [2.45, 2.75) is 46.2 Å². The largest absolute Gasteiger partial charge is 0.312 e. The van der Waals surface area contributed by atoms with Crippen molar-refractivity contribution in [1.29, 1.82) is 0 Å². The van der Waals surface area contributed by atoms with E-state index in [4.69, 9.17) is 0 Å². The van der Waals surface area contributed by atoms with Crippen molar-refractivity contribution >= 4 is 0 Å². The van der Waals surface area contributed by atoms with Crippen molar-refractivity contribution < 1.29 is 0 Å². The zero-order valence-corrected chi connectivity index (χ0v) is 10.9. The summed E-state index contributed by atoms with van der Waals surface area (Å²) in [5.41, 5.74) is 0.869. The minimum absolute atomic E-state index is 0.0681. The monoisotopic (exact) mass is 235 g/mol. The SMILES string of the molecule is CCNC(Cn1c(C)nc(C)cc1=O)C1CC1. The molecule has 1 N–H and O–H groups in total. The third kappa shape index (κ3) is 2.94. The quantitative estimate of drug-likeness (QED) is 0.835. The molecule has 0 aliphatic heterocycles. The smallest absolute Gasteiger partial charge is 0.253 e. The average molecular weight is 235 g/mol. The summed E-state index contributed by atoms with van der Waals surface area (Å²) in [6.45, 7) is 7.58. The van der Waals surface area contributed by atoms with Crippen LogP contribution in [-0.2, 0) is 6.54 Å². The van der Waals surface area contributed by atoms with Gasteiger partial charge in [0.15, 0.2) is 0 Å². The van der Waals surface area contributed by atoms with Gasteiger partial charge in [0.25, 0.3) is 5.56 Å². The van der Waals surface area contributed by atoms with Crippen LogP contribution in [0.2, 0.25) is 0 Å². The first-order chi connectivity index (χ1) is 8.11. The molecule has 4 heteroatoms. The van der Waals surface area contributed by atoms with Crippen molar-refractivity contribution in [1.82, 2.24) is 14.9 Å². The lowest BCUT2D eigenvalue weighted by Gasteiger charge is -2.19. The Morgan fingerprint density at radius 2 is 2.24 bits per heavy atom. The van der Waals surface area contributed by atoms with Crippen LogP contribution in [0.25, 0.3) is 0 Å². The molecule has 1 aliphatic rings. The molecular weight excluding hydrogens is 214 g/mol. The molecule has 4 nitrogen and oxygen atoms in total. The topological polar surface area (TPSA) is 46.9 Å². The van der Waals surface area contributed by atoms with Crippen molar-refractivity contribution in [3.8, 4) is 0 Å². The lowest BCUT2D eigenvalue weighted by Crippen LogP contribution is -2.39. The predicted octanol–water partition coefficient (Wildman–Crippen LogP) is 1.25. The molecule has 1 aromatic heterocycles. The van der Waals surface area contributed by atoms with E-state index in [0.717, 1.165) is 30.5 Å². The standard InChI is InChI=1S/C13H21N3O/c1-4-14-12(11-5-6-11)8-16-10(3)15-9(2)7-13(16)17/h7,11-12,14H,4-6,8H2,1-3H3. The highest BCUT2D eigenvalue weighted by molar-refractivity contribution is 5.02. The first-order valence-electron chi connectivity index (χ1n) is 6.40. The molecule has 1 aliphatic carbocycles. The van der Waals surface area contributed by atoms with E-state index in [-0.39, 0.29) is 5.56 Å². The first kappa shape index (κ1) is 12.3. The van der Waals surface area contributed by atoms with Gasteiger partial charge in [0, 0.05) is 24.3 Å². The summed E-state index contributed by atoms with van der Waals surface area (Å²) in [7, 11) is 0. The van der Waals surface area contributed by atoms with Crippen LogP contribution in [0, 0.1) is 19.8 Å². The summed E-state index contributed by atoms with van der Waals surface area (Å²) in [5.74, 6) is 1.56. The lowest BCUT2D eigenvalue weighted by atomic mass is 10.2. The molecule has 94 valence electrons. The number of rotatable bonds is 5. The van der Waals surface area contributed by atoms with Gasteiger partial charge in [-0.25, -0.2) is 4.98 Å². The summed E-state index contributed by atoms with van der Waals surface area (Å²) in [6, 6.07) is 2.03. The highest BCUT2D eigenvalue weighted by Gasteiger charge is 2.31. The molecule has 1 atom stereocenters. The van der Waals surface area contributed by atoms with Crippen molar-refractivity contribution in [2.75, 3.05) is 6.54 Å². The molecule has 0 saturated heterocycles. The fraction of sp³-hybridized carbons (Fsp3) is 0.692. The Bertz CT molecular complexity index is 448. The van der Waals surface area contributed by atoms with Gasteiger partial charge >= 0.3 is 0 Å². The van der Waals surface area contributed by atoms with Crippen LogP contribution in [-0.4, -0.2) is 22.1 Å². The van der Waals surface area contributed by atoms with Gasteiger partial charge in [-0.1, -0.05) is 6.92 Å². The van der Waals surface area contributed by atoms with Gasteiger partial charge in [-0.3, -0.25) is 9.36 Å². The maximum Gasteiger partial charge on any atom is 0.253 e. The predicted molar refractivity (Wildman–Crippen MR) is 68.2 cm³/mol. The molecule has 0 spiro atoms. The molecule has 1 aromatic rings. The van der Waals surface area contributed by atoms with Crippen LogP contribution >= 0.6 is 0 Å². The van der Waals surface area contributed by atoms with Crippen LogP contribution in [0.15, 0.2) is 10.9 Å². The van der Waals surface area contributed by atoms with Gasteiger partial charge in [-0.05, 0) is 39.2 Å². The summed E-state index contributed by atoms with van der Waals surface area (Å²) >= 11 is 0. The Morgan fingerprint density at radius 1 is 1.53 bits per heavy atom. The number of likely N-dealkylation sites (N-methyl/N-ethyl adjacent to an activating group) is 1. The summed E-state index contributed by atoms with van der Waals surface area (Å²) in [6.07, 6.45) is 2.56. The van der Waals surface area contributed by atoms with Crippen LogP contribution < -0.4 is 10.9 Å². The Kier molecular flexibility index (Phi) is 3.62. The van der Waals surface area contributed by atoms with E-state index in [1.165, 1.54) is 12.8 Å².